The number of aromatic amines is 1. The predicted octanol–water partition coefficient (Wildman–Crippen LogP) is 2.63. The molecule has 0 saturated heterocycles. The summed E-state index contributed by atoms with van der Waals surface area (Å²) in [7, 11) is 0. The maximum Gasteiger partial charge on any atom is 0.0182 e. The van der Waals surface area contributed by atoms with Gasteiger partial charge in [-0.1, -0.05) is 13.8 Å². The van der Waals surface area contributed by atoms with Gasteiger partial charge in [0, 0.05) is 11.4 Å². The van der Waals surface area contributed by atoms with Crippen molar-refractivity contribution < 1.29 is 0 Å². The smallest absolute Gasteiger partial charge is 0.0182 e. The Bertz CT molecular complexity index is 236. The Hall–Kier alpha value is -0.720. The lowest BCUT2D eigenvalue weighted by atomic mass is 10.1. The quantitative estimate of drug-likeness (QED) is 0.631. The van der Waals surface area contributed by atoms with E-state index in [4.69, 9.17) is 0 Å². The second-order valence-corrected chi connectivity index (χ2v) is 3.74. The first kappa shape index (κ1) is 6.96. The van der Waals surface area contributed by atoms with E-state index in [2.05, 4.69) is 24.9 Å². The molecule has 0 saturated carbocycles. The van der Waals surface area contributed by atoms with Gasteiger partial charge in [-0.15, -0.1) is 0 Å². The molecule has 60 valence electrons. The second kappa shape index (κ2) is 2.40. The summed E-state index contributed by atoms with van der Waals surface area (Å²) in [5.41, 5.74) is 4.47. The molecule has 1 heterocycles. The maximum absolute atomic E-state index is 3.49. The zero-order valence-corrected chi connectivity index (χ0v) is 7.28. The third-order valence-corrected chi connectivity index (χ3v) is 2.51. The van der Waals surface area contributed by atoms with Crippen LogP contribution in [0.4, 0.5) is 0 Å². The van der Waals surface area contributed by atoms with Crippen LogP contribution in [0.15, 0.2) is 6.07 Å². The lowest BCUT2D eigenvalue weighted by Gasteiger charge is -1.99. The summed E-state index contributed by atoms with van der Waals surface area (Å²) in [5.74, 6) is 0.653. The molecule has 1 aliphatic rings. The predicted molar refractivity (Wildman–Crippen MR) is 46.9 cm³/mol. The first-order chi connectivity index (χ1) is 5.27. The Kier molecular flexibility index (Phi) is 1.52. The highest BCUT2D eigenvalue weighted by molar-refractivity contribution is 5.30. The van der Waals surface area contributed by atoms with Gasteiger partial charge in [-0.3, -0.25) is 0 Å². The fraction of sp³-hybridized carbons (Fsp3) is 0.600. The largest absolute Gasteiger partial charge is 0.362 e. The van der Waals surface area contributed by atoms with Crippen molar-refractivity contribution in [3.8, 4) is 0 Å². The lowest BCUT2D eigenvalue weighted by Crippen LogP contribution is -1.88. The van der Waals surface area contributed by atoms with Gasteiger partial charge >= 0.3 is 0 Å². The zero-order valence-electron chi connectivity index (χ0n) is 7.28. The van der Waals surface area contributed by atoms with E-state index in [1.165, 1.54) is 30.7 Å². The molecule has 0 spiro atoms. The normalized spacial score (nSPS) is 15.9. The zero-order chi connectivity index (χ0) is 7.84. The van der Waals surface area contributed by atoms with E-state index < -0.39 is 0 Å². The van der Waals surface area contributed by atoms with Crippen molar-refractivity contribution in [2.24, 2.45) is 0 Å². The number of fused-ring (bicyclic) bond motifs is 1. The Morgan fingerprint density at radius 1 is 1.36 bits per heavy atom. The average Bonchev–Trinajstić information content (AvgIpc) is 2.40. The fourth-order valence-electron chi connectivity index (χ4n) is 1.78. The summed E-state index contributed by atoms with van der Waals surface area (Å²) in [4.78, 5) is 3.49. The van der Waals surface area contributed by atoms with Gasteiger partial charge < -0.3 is 4.98 Å². The van der Waals surface area contributed by atoms with Gasteiger partial charge in [0.2, 0.25) is 0 Å². The molecule has 0 radical (unpaired) electrons. The number of aryl methyl sites for hydroxylation is 2. The van der Waals surface area contributed by atoms with Gasteiger partial charge in [-0.05, 0) is 36.8 Å². The molecule has 2 rings (SSSR count). The van der Waals surface area contributed by atoms with Crippen LogP contribution in [0.25, 0.3) is 0 Å². The molecule has 0 unspecified atom stereocenters. The van der Waals surface area contributed by atoms with Gasteiger partial charge in [0.15, 0.2) is 0 Å². The first-order valence-corrected chi connectivity index (χ1v) is 4.48. The van der Waals surface area contributed by atoms with Crippen LogP contribution in [-0.2, 0) is 12.8 Å². The van der Waals surface area contributed by atoms with Crippen LogP contribution in [0.2, 0.25) is 0 Å². The molecule has 1 nitrogen and oxygen atoms in total. The minimum Gasteiger partial charge on any atom is -0.362 e. The van der Waals surface area contributed by atoms with Crippen LogP contribution in [0.1, 0.15) is 43.1 Å². The number of rotatable bonds is 1. The Labute approximate surface area is 67.8 Å². The summed E-state index contributed by atoms with van der Waals surface area (Å²) in [6, 6.07) is 2.34. The van der Waals surface area contributed by atoms with E-state index in [-0.39, 0.29) is 0 Å². The van der Waals surface area contributed by atoms with Crippen molar-refractivity contribution in [1.82, 2.24) is 4.98 Å². The van der Waals surface area contributed by atoms with Gasteiger partial charge in [0.25, 0.3) is 0 Å². The van der Waals surface area contributed by atoms with Crippen LogP contribution in [0, 0.1) is 0 Å². The second-order valence-electron chi connectivity index (χ2n) is 3.74. The topological polar surface area (TPSA) is 15.8 Å². The molecular weight excluding hydrogens is 134 g/mol. The third-order valence-electron chi connectivity index (χ3n) is 2.51. The molecule has 1 aromatic heterocycles. The number of nitrogens with one attached hydrogen (secondary N) is 1. The van der Waals surface area contributed by atoms with Crippen molar-refractivity contribution in [2.45, 2.75) is 39.0 Å². The fourth-order valence-corrected chi connectivity index (χ4v) is 1.78. The Balaban J connectivity index is 2.34. The Morgan fingerprint density at radius 2 is 2.18 bits per heavy atom. The molecular formula is C10H15N. The van der Waals surface area contributed by atoms with Crippen LogP contribution in [0.3, 0.4) is 0 Å². The minimum absolute atomic E-state index is 0.653. The highest BCUT2D eigenvalue weighted by Crippen LogP contribution is 2.25. The molecule has 1 aliphatic carbocycles. The maximum atomic E-state index is 3.49. The third kappa shape index (κ3) is 1.09. The van der Waals surface area contributed by atoms with Crippen LogP contribution in [-0.4, -0.2) is 4.98 Å². The van der Waals surface area contributed by atoms with Gasteiger partial charge in [0.05, 0.1) is 0 Å². The Morgan fingerprint density at radius 3 is 2.82 bits per heavy atom. The van der Waals surface area contributed by atoms with Gasteiger partial charge in [-0.2, -0.15) is 0 Å². The number of hydrogen-bond donors (Lipinski definition) is 1. The lowest BCUT2D eigenvalue weighted by molar-refractivity contribution is 0.808. The number of H-pyrrole nitrogens is 1. The molecule has 0 fully saturated rings. The number of hydrogen-bond acceptors (Lipinski definition) is 0. The SMILES string of the molecule is CC(C)c1cc2c([nH]1)CCC2. The summed E-state index contributed by atoms with van der Waals surface area (Å²) in [5, 5.41) is 0. The summed E-state index contributed by atoms with van der Waals surface area (Å²) in [6.07, 6.45) is 3.90. The van der Waals surface area contributed by atoms with E-state index in [0.717, 1.165) is 0 Å². The monoisotopic (exact) mass is 149 g/mol. The average molecular weight is 149 g/mol. The highest BCUT2D eigenvalue weighted by Gasteiger charge is 2.14. The standard InChI is InChI=1S/C10H15N/c1-7(2)10-6-8-4-3-5-9(8)11-10/h6-7,11H,3-5H2,1-2H3. The van der Waals surface area contributed by atoms with E-state index in [1.807, 2.05) is 0 Å². The molecule has 0 bridgehead atoms. The van der Waals surface area contributed by atoms with E-state index in [0.29, 0.717) is 5.92 Å². The van der Waals surface area contributed by atoms with E-state index in [1.54, 1.807) is 5.56 Å². The van der Waals surface area contributed by atoms with Gasteiger partial charge in [0.1, 0.15) is 0 Å². The molecule has 0 atom stereocenters. The molecule has 1 N–H and O–H groups in total. The molecule has 0 amide bonds. The summed E-state index contributed by atoms with van der Waals surface area (Å²) in [6.45, 7) is 4.47. The summed E-state index contributed by atoms with van der Waals surface area (Å²) < 4.78 is 0. The first-order valence-electron chi connectivity index (χ1n) is 4.48. The van der Waals surface area contributed by atoms with Crippen LogP contribution < -0.4 is 0 Å². The number of aromatic nitrogens is 1. The van der Waals surface area contributed by atoms with Crippen molar-refractivity contribution in [3.63, 3.8) is 0 Å². The van der Waals surface area contributed by atoms with Crippen molar-refractivity contribution >= 4 is 0 Å². The molecule has 1 heteroatoms. The molecule has 0 aromatic carbocycles. The van der Waals surface area contributed by atoms with E-state index in [9.17, 15) is 0 Å². The van der Waals surface area contributed by atoms with E-state index >= 15 is 0 Å². The van der Waals surface area contributed by atoms with Crippen LogP contribution in [0.5, 0.6) is 0 Å². The van der Waals surface area contributed by atoms with Gasteiger partial charge in [-0.25, -0.2) is 0 Å². The van der Waals surface area contributed by atoms with Crippen molar-refractivity contribution in [2.75, 3.05) is 0 Å². The van der Waals surface area contributed by atoms with Crippen molar-refractivity contribution in [3.05, 3.63) is 23.0 Å². The molecule has 0 aliphatic heterocycles. The minimum atomic E-state index is 0.653. The molecule has 11 heavy (non-hydrogen) atoms. The van der Waals surface area contributed by atoms with Crippen LogP contribution >= 0.6 is 0 Å². The van der Waals surface area contributed by atoms with Crippen molar-refractivity contribution in [1.29, 1.82) is 0 Å². The summed E-state index contributed by atoms with van der Waals surface area (Å²) >= 11 is 0. The molecule has 1 aromatic rings. The highest BCUT2D eigenvalue weighted by atomic mass is 14.7.